The highest BCUT2D eigenvalue weighted by Crippen LogP contribution is 2.32. The number of urea groups is 1. The maximum atomic E-state index is 12.3. The first-order valence-corrected chi connectivity index (χ1v) is 8.62. The van der Waals surface area contributed by atoms with Gasteiger partial charge in [0.05, 0.1) is 0 Å². The molecule has 2 saturated carbocycles. The van der Waals surface area contributed by atoms with Crippen molar-refractivity contribution in [3.8, 4) is 0 Å². The quantitative estimate of drug-likeness (QED) is 0.838. The van der Waals surface area contributed by atoms with Gasteiger partial charge < -0.3 is 5.32 Å². The van der Waals surface area contributed by atoms with Crippen LogP contribution in [0.1, 0.15) is 64.2 Å². The highest BCUT2D eigenvalue weighted by molar-refractivity contribution is 5.99. The minimum atomic E-state index is -0.344. The Hall–Kier alpha value is -1.10. The molecule has 2 N–H and O–H groups in total. The molecule has 1 heterocycles. The Balaban J connectivity index is 1.76. The van der Waals surface area contributed by atoms with E-state index in [0.29, 0.717) is 18.6 Å². The van der Waals surface area contributed by atoms with Crippen molar-refractivity contribution in [3.63, 3.8) is 0 Å². The smallest absolute Gasteiger partial charge is 0.321 e. The van der Waals surface area contributed by atoms with Gasteiger partial charge >= 0.3 is 6.03 Å². The lowest BCUT2D eigenvalue weighted by atomic mass is 9.87. The molecular weight excluding hydrogens is 266 g/mol. The third-order valence-corrected chi connectivity index (χ3v) is 5.35. The van der Waals surface area contributed by atoms with Crippen LogP contribution in [0.15, 0.2) is 0 Å². The number of rotatable bonds is 3. The minimum Gasteiger partial charge on any atom is -0.336 e. The van der Waals surface area contributed by atoms with Crippen LogP contribution in [-0.2, 0) is 4.79 Å². The summed E-state index contributed by atoms with van der Waals surface area (Å²) in [5.41, 5.74) is 0. The lowest BCUT2D eigenvalue weighted by Gasteiger charge is -2.46. The van der Waals surface area contributed by atoms with E-state index < -0.39 is 0 Å². The summed E-state index contributed by atoms with van der Waals surface area (Å²) in [4.78, 5) is 26.1. The zero-order chi connectivity index (χ0) is 14.7. The molecule has 3 rings (SSSR count). The highest BCUT2D eigenvalue weighted by Gasteiger charge is 2.39. The van der Waals surface area contributed by atoms with Gasteiger partial charge in [0, 0.05) is 18.6 Å². The molecule has 0 bridgehead atoms. The van der Waals surface area contributed by atoms with Crippen molar-refractivity contribution in [1.82, 2.24) is 15.5 Å². The Bertz CT molecular complexity index is 369. The molecule has 3 amide bonds. The Morgan fingerprint density at radius 3 is 1.81 bits per heavy atom. The number of hydrogen-bond donors (Lipinski definition) is 2. The number of hydrogen-bond acceptors (Lipinski definition) is 3. The third kappa shape index (κ3) is 3.39. The van der Waals surface area contributed by atoms with Gasteiger partial charge in [-0.15, -0.1) is 0 Å². The molecule has 118 valence electrons. The van der Waals surface area contributed by atoms with Crippen LogP contribution in [0.2, 0.25) is 0 Å². The van der Waals surface area contributed by atoms with Gasteiger partial charge in [-0.05, 0) is 25.7 Å². The van der Waals surface area contributed by atoms with E-state index in [1.807, 2.05) is 0 Å². The first-order chi connectivity index (χ1) is 10.3. The van der Waals surface area contributed by atoms with Crippen LogP contribution in [0.25, 0.3) is 0 Å². The van der Waals surface area contributed by atoms with Crippen LogP contribution < -0.4 is 10.6 Å². The molecule has 0 aromatic rings. The molecule has 0 radical (unpaired) electrons. The molecule has 3 aliphatic rings. The summed E-state index contributed by atoms with van der Waals surface area (Å²) < 4.78 is 0. The molecule has 5 nitrogen and oxygen atoms in total. The van der Waals surface area contributed by atoms with Crippen molar-refractivity contribution in [2.24, 2.45) is 0 Å². The molecule has 1 aliphatic heterocycles. The van der Waals surface area contributed by atoms with Gasteiger partial charge in [-0.1, -0.05) is 38.5 Å². The van der Waals surface area contributed by atoms with Gasteiger partial charge in [0.2, 0.25) is 5.91 Å². The molecule has 1 saturated heterocycles. The predicted molar refractivity (Wildman–Crippen MR) is 80.9 cm³/mol. The first kappa shape index (κ1) is 14.8. The largest absolute Gasteiger partial charge is 0.336 e. The zero-order valence-corrected chi connectivity index (χ0v) is 12.8. The van der Waals surface area contributed by atoms with Crippen molar-refractivity contribution >= 4 is 11.9 Å². The van der Waals surface area contributed by atoms with Crippen LogP contribution in [0.5, 0.6) is 0 Å². The number of nitrogens with zero attached hydrogens (tertiary/aromatic N) is 1. The van der Waals surface area contributed by atoms with E-state index in [9.17, 15) is 9.59 Å². The first-order valence-electron chi connectivity index (χ1n) is 8.62. The second-order valence-electron chi connectivity index (χ2n) is 6.75. The number of carbonyl (C=O) groups is 2. The summed E-state index contributed by atoms with van der Waals surface area (Å²) >= 11 is 0. The predicted octanol–water partition coefficient (Wildman–Crippen LogP) is 2.16. The van der Waals surface area contributed by atoms with E-state index in [1.165, 1.54) is 64.2 Å². The van der Waals surface area contributed by atoms with Gasteiger partial charge in [-0.3, -0.25) is 15.0 Å². The summed E-state index contributed by atoms with van der Waals surface area (Å²) in [5, 5.41) is 5.27. The lowest BCUT2D eigenvalue weighted by Crippen LogP contribution is -2.65. The van der Waals surface area contributed by atoms with Gasteiger partial charge in [0.15, 0.2) is 0 Å². The van der Waals surface area contributed by atoms with Crippen LogP contribution in [0, 0.1) is 0 Å². The summed E-state index contributed by atoms with van der Waals surface area (Å²) in [6, 6.07) is 0.526. The van der Waals surface area contributed by atoms with Crippen LogP contribution >= 0.6 is 0 Å². The molecule has 1 atom stereocenters. The number of carbonyl (C=O) groups excluding carboxylic acids is 2. The summed E-state index contributed by atoms with van der Waals surface area (Å²) in [6.45, 7) is 0.470. The van der Waals surface area contributed by atoms with E-state index in [0.717, 1.165) is 0 Å². The molecule has 1 unspecified atom stereocenters. The maximum absolute atomic E-state index is 12.3. The SMILES string of the molecule is O=C1NCC(N(C2CCCCC2)C2CCCCC2)C(=O)N1. The molecular formula is C16H27N3O2. The van der Waals surface area contributed by atoms with Crippen LogP contribution in [0.4, 0.5) is 4.79 Å². The van der Waals surface area contributed by atoms with Gasteiger partial charge in [-0.2, -0.15) is 0 Å². The summed E-state index contributed by atoms with van der Waals surface area (Å²) in [7, 11) is 0. The number of amides is 3. The van der Waals surface area contributed by atoms with E-state index in [1.54, 1.807) is 0 Å². The van der Waals surface area contributed by atoms with Crippen LogP contribution in [-0.4, -0.2) is 41.5 Å². The van der Waals surface area contributed by atoms with Crippen molar-refractivity contribution in [1.29, 1.82) is 0 Å². The molecule has 21 heavy (non-hydrogen) atoms. The van der Waals surface area contributed by atoms with Gasteiger partial charge in [-0.25, -0.2) is 4.79 Å². The second kappa shape index (κ2) is 6.77. The van der Waals surface area contributed by atoms with Gasteiger partial charge in [0.25, 0.3) is 0 Å². The van der Waals surface area contributed by atoms with E-state index >= 15 is 0 Å². The fourth-order valence-corrected chi connectivity index (χ4v) is 4.33. The molecule has 0 aromatic carbocycles. The maximum Gasteiger partial charge on any atom is 0.321 e. The lowest BCUT2D eigenvalue weighted by molar-refractivity contribution is -0.129. The van der Waals surface area contributed by atoms with Crippen molar-refractivity contribution in [3.05, 3.63) is 0 Å². The van der Waals surface area contributed by atoms with Crippen molar-refractivity contribution in [2.45, 2.75) is 82.3 Å². The van der Waals surface area contributed by atoms with Crippen molar-refractivity contribution in [2.75, 3.05) is 6.54 Å². The van der Waals surface area contributed by atoms with E-state index in [2.05, 4.69) is 15.5 Å². The Morgan fingerprint density at radius 2 is 1.33 bits per heavy atom. The zero-order valence-electron chi connectivity index (χ0n) is 12.8. The number of imide groups is 1. The normalized spacial score (nSPS) is 29.3. The monoisotopic (exact) mass is 293 g/mol. The molecule has 0 spiro atoms. The second-order valence-corrected chi connectivity index (χ2v) is 6.75. The molecule has 0 aromatic heterocycles. The fourth-order valence-electron chi connectivity index (χ4n) is 4.33. The Kier molecular flexibility index (Phi) is 4.78. The standard InChI is InChI=1S/C16H27N3O2/c20-15-14(11-17-16(21)18-15)19(12-7-3-1-4-8-12)13-9-5-2-6-10-13/h12-14H,1-11H2,(H2,17,18,20,21). The topological polar surface area (TPSA) is 61.4 Å². The number of nitrogens with one attached hydrogen (secondary N) is 2. The molecule has 5 heteroatoms. The minimum absolute atomic E-state index is 0.102. The molecule has 2 aliphatic carbocycles. The van der Waals surface area contributed by atoms with E-state index in [4.69, 9.17) is 0 Å². The highest BCUT2D eigenvalue weighted by atomic mass is 16.2. The van der Waals surface area contributed by atoms with Gasteiger partial charge in [0.1, 0.15) is 6.04 Å². The Labute approximate surface area is 126 Å². The fraction of sp³-hybridized carbons (Fsp3) is 0.875. The Morgan fingerprint density at radius 1 is 0.810 bits per heavy atom. The summed E-state index contributed by atoms with van der Waals surface area (Å²) in [6.07, 6.45) is 12.5. The van der Waals surface area contributed by atoms with E-state index in [-0.39, 0.29) is 18.0 Å². The van der Waals surface area contributed by atoms with Crippen LogP contribution in [0.3, 0.4) is 0 Å². The average Bonchev–Trinajstić information content (AvgIpc) is 2.52. The molecule has 3 fully saturated rings. The summed E-state index contributed by atoms with van der Waals surface area (Å²) in [5.74, 6) is -0.102. The third-order valence-electron chi connectivity index (χ3n) is 5.35. The van der Waals surface area contributed by atoms with Crippen molar-refractivity contribution < 1.29 is 9.59 Å². The average molecular weight is 293 g/mol.